The molecule has 2 aromatic carbocycles. The molecule has 3 rings (SSSR count). The second-order valence-corrected chi connectivity index (χ2v) is 9.29. The third-order valence-electron chi connectivity index (χ3n) is 6.32. The van der Waals surface area contributed by atoms with Crippen LogP contribution in [0.4, 0.5) is 17.6 Å². The number of hydrogen-bond donors (Lipinski definition) is 2. The SMILES string of the molecule is C#CCOC[C@@H](O)COc1c(F)cc(C2(c3cc(F)c(OC[C@H](O)CCl)c(F)c3)CCCCC2)cc1F. The molecule has 1 aliphatic carbocycles. The molecule has 0 aromatic heterocycles. The van der Waals surface area contributed by atoms with Crippen LogP contribution in [0.1, 0.15) is 43.2 Å². The van der Waals surface area contributed by atoms with E-state index < -0.39 is 65.6 Å². The lowest BCUT2D eigenvalue weighted by Crippen LogP contribution is -2.31. The van der Waals surface area contributed by atoms with E-state index in [0.717, 1.165) is 30.7 Å². The second kappa shape index (κ2) is 13.3. The van der Waals surface area contributed by atoms with Crippen molar-refractivity contribution in [1.82, 2.24) is 0 Å². The van der Waals surface area contributed by atoms with Crippen molar-refractivity contribution in [3.63, 3.8) is 0 Å². The lowest BCUT2D eigenvalue weighted by Gasteiger charge is -2.39. The number of aliphatic hydroxyl groups excluding tert-OH is 2. The minimum absolute atomic E-state index is 0.0276. The first-order valence-electron chi connectivity index (χ1n) is 11.9. The van der Waals surface area contributed by atoms with Gasteiger partial charge in [0.15, 0.2) is 34.8 Å². The van der Waals surface area contributed by atoms with Crippen molar-refractivity contribution < 1.29 is 42.0 Å². The molecule has 0 bridgehead atoms. The van der Waals surface area contributed by atoms with Crippen molar-refractivity contribution in [2.45, 2.75) is 49.7 Å². The molecule has 37 heavy (non-hydrogen) atoms. The fraction of sp³-hybridized carbons (Fsp3) is 0.481. The lowest BCUT2D eigenvalue weighted by molar-refractivity contribution is 0.0211. The highest BCUT2D eigenvalue weighted by Gasteiger charge is 2.38. The molecule has 10 heteroatoms. The van der Waals surface area contributed by atoms with Crippen LogP contribution in [0.15, 0.2) is 24.3 Å². The van der Waals surface area contributed by atoms with Gasteiger partial charge in [-0.2, -0.15) is 0 Å². The average molecular weight is 545 g/mol. The van der Waals surface area contributed by atoms with Crippen LogP contribution < -0.4 is 9.47 Å². The maximum atomic E-state index is 15.0. The molecule has 1 fully saturated rings. The predicted molar refractivity (Wildman–Crippen MR) is 130 cm³/mol. The normalized spacial score (nSPS) is 16.6. The Morgan fingerprint density at radius 1 is 0.811 bits per heavy atom. The van der Waals surface area contributed by atoms with Crippen LogP contribution >= 0.6 is 11.6 Å². The van der Waals surface area contributed by atoms with Crippen molar-refractivity contribution >= 4 is 11.6 Å². The van der Waals surface area contributed by atoms with Gasteiger partial charge in [-0.05, 0) is 48.2 Å². The Labute approximate surface area is 218 Å². The summed E-state index contributed by atoms with van der Waals surface area (Å²) >= 11 is 5.50. The molecule has 0 saturated heterocycles. The molecule has 2 N–H and O–H groups in total. The number of aliphatic hydroxyl groups is 2. The first kappa shape index (κ1) is 29.1. The van der Waals surface area contributed by atoms with E-state index in [1.807, 2.05) is 0 Å². The molecule has 0 spiro atoms. The molecular weight excluding hydrogens is 516 g/mol. The molecule has 0 radical (unpaired) electrons. The third kappa shape index (κ3) is 7.08. The number of terminal acetylenes is 1. The maximum absolute atomic E-state index is 15.0. The van der Waals surface area contributed by atoms with Gasteiger partial charge in [-0.25, -0.2) is 17.6 Å². The van der Waals surface area contributed by atoms with Crippen molar-refractivity contribution in [1.29, 1.82) is 0 Å². The molecule has 1 aliphatic rings. The molecule has 2 atom stereocenters. The Kier molecular flexibility index (Phi) is 10.5. The number of halogens is 5. The third-order valence-corrected chi connectivity index (χ3v) is 6.68. The van der Waals surface area contributed by atoms with Crippen molar-refractivity contribution in [3.8, 4) is 23.8 Å². The monoisotopic (exact) mass is 544 g/mol. The second-order valence-electron chi connectivity index (χ2n) is 8.98. The molecule has 202 valence electrons. The van der Waals surface area contributed by atoms with E-state index in [4.69, 9.17) is 32.2 Å². The number of rotatable bonds is 12. The summed E-state index contributed by atoms with van der Waals surface area (Å²) in [7, 11) is 0. The van der Waals surface area contributed by atoms with Gasteiger partial charge < -0.3 is 24.4 Å². The van der Waals surface area contributed by atoms with Crippen LogP contribution in [0.5, 0.6) is 11.5 Å². The Morgan fingerprint density at radius 2 is 1.27 bits per heavy atom. The van der Waals surface area contributed by atoms with Gasteiger partial charge in [0.2, 0.25) is 0 Å². The topological polar surface area (TPSA) is 68.2 Å². The van der Waals surface area contributed by atoms with Crippen LogP contribution in [0.3, 0.4) is 0 Å². The number of benzene rings is 2. The van der Waals surface area contributed by atoms with Crippen LogP contribution in [0, 0.1) is 35.6 Å². The summed E-state index contributed by atoms with van der Waals surface area (Å²) in [5.74, 6) is -3.28. The maximum Gasteiger partial charge on any atom is 0.190 e. The summed E-state index contributed by atoms with van der Waals surface area (Å²) in [4.78, 5) is 0. The van der Waals surface area contributed by atoms with Crippen molar-refractivity contribution in [2.75, 3.05) is 32.3 Å². The highest BCUT2D eigenvalue weighted by Crippen LogP contribution is 2.47. The molecule has 5 nitrogen and oxygen atoms in total. The Morgan fingerprint density at radius 3 is 1.70 bits per heavy atom. The lowest BCUT2D eigenvalue weighted by atomic mass is 9.65. The molecule has 0 aliphatic heterocycles. The number of alkyl halides is 1. The van der Waals surface area contributed by atoms with Gasteiger partial charge in [-0.1, -0.05) is 25.2 Å². The molecule has 0 amide bonds. The largest absolute Gasteiger partial charge is 0.485 e. The van der Waals surface area contributed by atoms with Crippen LogP contribution in [0.25, 0.3) is 0 Å². The zero-order valence-corrected chi connectivity index (χ0v) is 20.9. The molecular formula is C27H29ClF4O5. The van der Waals surface area contributed by atoms with Gasteiger partial charge in [0.05, 0.1) is 12.5 Å². The Balaban J connectivity index is 1.90. The van der Waals surface area contributed by atoms with E-state index in [9.17, 15) is 19.0 Å². The minimum atomic E-state index is -1.16. The van der Waals surface area contributed by atoms with E-state index in [1.165, 1.54) is 0 Å². The number of ether oxygens (including phenoxy) is 3. The summed E-state index contributed by atoms with van der Waals surface area (Å²) in [5, 5.41) is 19.4. The van der Waals surface area contributed by atoms with Gasteiger partial charge in [0.25, 0.3) is 0 Å². The van der Waals surface area contributed by atoms with Crippen LogP contribution in [-0.2, 0) is 10.2 Å². The van der Waals surface area contributed by atoms with E-state index >= 15 is 8.78 Å². The summed E-state index contributed by atoms with van der Waals surface area (Å²) < 4.78 is 75.1. The fourth-order valence-electron chi connectivity index (χ4n) is 4.55. The van der Waals surface area contributed by atoms with Gasteiger partial charge in [0, 0.05) is 5.41 Å². The summed E-state index contributed by atoms with van der Waals surface area (Å²) in [6.07, 6.45) is 5.88. The van der Waals surface area contributed by atoms with Crippen LogP contribution in [-0.4, -0.2) is 54.7 Å². The molecule has 2 aromatic rings. The fourth-order valence-corrected chi connectivity index (χ4v) is 4.64. The van der Waals surface area contributed by atoms with E-state index in [-0.39, 0.29) is 30.2 Å². The van der Waals surface area contributed by atoms with E-state index in [0.29, 0.717) is 25.7 Å². The van der Waals surface area contributed by atoms with Crippen molar-refractivity contribution in [2.24, 2.45) is 0 Å². The molecule has 1 saturated carbocycles. The van der Waals surface area contributed by atoms with Crippen LogP contribution in [0.2, 0.25) is 0 Å². The van der Waals surface area contributed by atoms with E-state index in [2.05, 4.69) is 5.92 Å². The molecule has 0 heterocycles. The zero-order valence-electron chi connectivity index (χ0n) is 20.1. The molecule has 0 unspecified atom stereocenters. The quantitative estimate of drug-likeness (QED) is 0.173. The van der Waals surface area contributed by atoms with Gasteiger partial charge in [-0.15, -0.1) is 18.0 Å². The van der Waals surface area contributed by atoms with E-state index in [1.54, 1.807) is 0 Å². The average Bonchev–Trinajstić information content (AvgIpc) is 2.87. The minimum Gasteiger partial charge on any atom is -0.485 e. The smallest absolute Gasteiger partial charge is 0.190 e. The summed E-state index contributed by atoms with van der Waals surface area (Å²) in [6, 6.07) is 4.40. The summed E-state index contributed by atoms with van der Waals surface area (Å²) in [5.41, 5.74) is -0.602. The summed E-state index contributed by atoms with van der Waals surface area (Å²) in [6.45, 7) is -1.03. The highest BCUT2D eigenvalue weighted by atomic mass is 35.5. The van der Waals surface area contributed by atoms with Gasteiger partial charge in [0.1, 0.15) is 32.0 Å². The van der Waals surface area contributed by atoms with Gasteiger partial charge in [-0.3, -0.25) is 0 Å². The first-order chi connectivity index (χ1) is 17.7. The first-order valence-corrected chi connectivity index (χ1v) is 12.4. The van der Waals surface area contributed by atoms with Gasteiger partial charge >= 0.3 is 0 Å². The number of hydrogen-bond acceptors (Lipinski definition) is 5. The standard InChI is InChI=1S/C27H29ClF4O5/c1-2-8-35-14-20(34)16-37-26-23(31)11-18(12-24(26)32)27(6-4-3-5-7-27)17-9-21(29)25(22(30)10-17)36-15-19(33)13-28/h1,9-12,19-20,33-34H,3-8,13-16H2/t19-,20-/m1/s1. The Bertz CT molecular complexity index is 1050. The zero-order chi connectivity index (χ0) is 27.0. The van der Waals surface area contributed by atoms with Crippen molar-refractivity contribution in [3.05, 3.63) is 58.7 Å². The predicted octanol–water partition coefficient (Wildman–Crippen LogP) is 4.86. The highest BCUT2D eigenvalue weighted by molar-refractivity contribution is 6.18. The Hall–Kier alpha value is -2.51.